The van der Waals surface area contributed by atoms with Crippen LogP contribution in [0.2, 0.25) is 5.02 Å². The number of Topliss-reactive ketones (excluding diaryl/α,β-unsaturated/α-hetero) is 1. The third kappa shape index (κ3) is 3.98. The first-order valence-corrected chi connectivity index (χ1v) is 10.1. The van der Waals surface area contributed by atoms with E-state index in [0.29, 0.717) is 11.5 Å². The molecule has 0 heterocycles. The molecule has 0 spiro atoms. The maximum Gasteiger partial charge on any atom is 0.151 e. The molecule has 2 fully saturated rings. The molecule has 2 aromatic carbocycles. The molecule has 4 N–H and O–H groups in total. The topological polar surface area (TPSA) is 98.0 Å². The molecular formula is C23H25ClO5. The van der Waals surface area contributed by atoms with E-state index < -0.39 is 48.9 Å². The fourth-order valence-electron chi connectivity index (χ4n) is 4.01. The smallest absolute Gasteiger partial charge is 0.151 e. The zero-order chi connectivity index (χ0) is 22.5. The fraction of sp³-hybridized carbons (Fsp3) is 0.435. The third-order valence-corrected chi connectivity index (χ3v) is 6.24. The summed E-state index contributed by atoms with van der Waals surface area (Å²) in [6.45, 7) is -0.672. The summed E-state index contributed by atoms with van der Waals surface area (Å²) in [5, 5.41) is 40.3. The Morgan fingerprint density at radius 3 is 2.24 bits per heavy atom. The van der Waals surface area contributed by atoms with Gasteiger partial charge in [-0.25, -0.2) is 0 Å². The lowest BCUT2D eigenvalue weighted by Crippen LogP contribution is -2.56. The summed E-state index contributed by atoms with van der Waals surface area (Å²) in [7, 11) is 0. The van der Waals surface area contributed by atoms with Crippen LogP contribution < -0.4 is 0 Å². The zero-order valence-corrected chi connectivity index (χ0v) is 16.5. The van der Waals surface area contributed by atoms with Crippen LogP contribution in [0, 0.1) is 5.92 Å². The van der Waals surface area contributed by atoms with Crippen LogP contribution >= 0.6 is 11.6 Å². The molecule has 6 heteroatoms. The van der Waals surface area contributed by atoms with Crippen LogP contribution in [-0.2, 0) is 11.2 Å². The second kappa shape index (κ2) is 8.17. The summed E-state index contributed by atoms with van der Waals surface area (Å²) >= 11 is 6.33. The van der Waals surface area contributed by atoms with Crippen molar-refractivity contribution in [3.63, 3.8) is 0 Å². The van der Waals surface area contributed by atoms with Crippen LogP contribution in [0.5, 0.6) is 0 Å². The normalized spacial score (nSPS) is 31.3. The van der Waals surface area contributed by atoms with E-state index in [-0.39, 0.29) is 16.1 Å². The van der Waals surface area contributed by atoms with Gasteiger partial charge in [-0.2, -0.15) is 0 Å². The summed E-state index contributed by atoms with van der Waals surface area (Å²) in [6.07, 6.45) is -4.46. The number of halogens is 1. The first-order valence-electron chi connectivity index (χ1n) is 10.8. The number of aliphatic hydroxyl groups is 4. The molecule has 5 nitrogen and oxygen atoms in total. The molecule has 0 unspecified atom stereocenters. The van der Waals surface area contributed by atoms with E-state index in [0.717, 1.165) is 12.8 Å². The van der Waals surface area contributed by atoms with Crippen molar-refractivity contribution in [2.45, 2.75) is 49.4 Å². The maximum absolute atomic E-state index is 12.8. The molecule has 0 aromatic heterocycles. The van der Waals surface area contributed by atoms with E-state index in [1.54, 1.807) is 12.1 Å². The first-order chi connectivity index (χ1) is 14.7. The molecule has 29 heavy (non-hydrogen) atoms. The van der Waals surface area contributed by atoms with E-state index in [2.05, 4.69) is 0 Å². The molecule has 2 aliphatic carbocycles. The number of benzene rings is 2. The molecule has 4 rings (SSSR count). The number of carbonyl (C=O) groups excluding carboxylic acids is 1. The fourth-order valence-corrected chi connectivity index (χ4v) is 4.17. The van der Waals surface area contributed by atoms with Crippen molar-refractivity contribution in [2.24, 2.45) is 5.92 Å². The molecule has 2 saturated carbocycles. The third-order valence-electron chi connectivity index (χ3n) is 5.91. The molecule has 0 saturated heterocycles. The van der Waals surface area contributed by atoms with Crippen LogP contribution in [-0.4, -0.2) is 51.1 Å². The van der Waals surface area contributed by atoms with Gasteiger partial charge in [-0.15, -0.1) is 0 Å². The summed E-state index contributed by atoms with van der Waals surface area (Å²) in [5.74, 6) is -2.53. The number of carbonyl (C=O) groups is 1. The van der Waals surface area contributed by atoms with E-state index in [4.69, 9.17) is 14.3 Å². The predicted octanol–water partition coefficient (Wildman–Crippen LogP) is 2.17. The van der Waals surface area contributed by atoms with Gasteiger partial charge in [0.2, 0.25) is 0 Å². The number of hydrogen-bond acceptors (Lipinski definition) is 5. The largest absolute Gasteiger partial charge is 0.396 e. The van der Waals surface area contributed by atoms with E-state index in [1.807, 2.05) is 12.1 Å². The van der Waals surface area contributed by atoms with Gasteiger partial charge in [-0.1, -0.05) is 48.0 Å². The van der Waals surface area contributed by atoms with Gasteiger partial charge in [-0.3, -0.25) is 4.79 Å². The van der Waals surface area contributed by atoms with Crippen molar-refractivity contribution < 1.29 is 28.0 Å². The highest BCUT2D eigenvalue weighted by molar-refractivity contribution is 6.31. The van der Waals surface area contributed by atoms with Gasteiger partial charge in [0.1, 0.15) is 6.10 Å². The van der Waals surface area contributed by atoms with E-state index in [1.165, 1.54) is 23.8 Å². The molecule has 0 amide bonds. The van der Waals surface area contributed by atoms with Crippen molar-refractivity contribution in [3.05, 3.63) is 69.7 Å². The number of hydrogen-bond donors (Lipinski definition) is 4. The Balaban J connectivity index is 1.71. The highest BCUT2D eigenvalue weighted by atomic mass is 35.5. The number of ketones is 1. The van der Waals surface area contributed by atoms with Gasteiger partial charge in [0, 0.05) is 7.76 Å². The minimum absolute atomic E-state index is 0.131. The second-order valence-corrected chi connectivity index (χ2v) is 8.31. The van der Waals surface area contributed by atoms with Crippen molar-refractivity contribution >= 4 is 17.4 Å². The lowest BCUT2D eigenvalue weighted by atomic mass is 9.72. The molecule has 2 aromatic rings. The van der Waals surface area contributed by atoms with Crippen molar-refractivity contribution in [3.8, 4) is 0 Å². The molecule has 154 valence electrons. The van der Waals surface area contributed by atoms with Gasteiger partial charge in [-0.05, 0) is 53.5 Å². The standard InChI is InChI=1S/C23H25ClO5/c24-18-8-7-15(19-20(26)17(11-25)21(27)23(29)22(19)28)10-16(18)9-12-1-3-13(4-2-12)14-5-6-14/h1-4,7-8,10,14,17,19,21-23,25,27-29H,5-6,9,11H2/t17-,19+,21+,22-,23-/m0/s1/i9D2. The Bertz CT molecular complexity index is 976. The lowest BCUT2D eigenvalue weighted by molar-refractivity contribution is -0.158. The average molecular weight is 419 g/mol. The summed E-state index contributed by atoms with van der Waals surface area (Å²) < 4.78 is 17.4. The van der Waals surface area contributed by atoms with E-state index in [9.17, 15) is 25.2 Å². The van der Waals surface area contributed by atoms with Crippen LogP contribution in [0.15, 0.2) is 42.5 Å². The molecule has 0 aliphatic heterocycles. The first kappa shape index (κ1) is 18.0. The summed E-state index contributed by atoms with van der Waals surface area (Å²) in [6, 6.07) is 11.7. The molecule has 0 bridgehead atoms. The van der Waals surface area contributed by atoms with Crippen LogP contribution in [0.1, 0.15) is 49.7 Å². The van der Waals surface area contributed by atoms with Gasteiger partial charge >= 0.3 is 0 Å². The molecule has 0 radical (unpaired) electrons. The van der Waals surface area contributed by atoms with Gasteiger partial charge in [0.25, 0.3) is 0 Å². The zero-order valence-electron chi connectivity index (χ0n) is 17.7. The monoisotopic (exact) mass is 418 g/mol. The van der Waals surface area contributed by atoms with Crippen molar-refractivity contribution in [1.29, 1.82) is 0 Å². The molecule has 2 aliphatic rings. The summed E-state index contributed by atoms with van der Waals surface area (Å²) in [5.41, 5.74) is 1.99. The average Bonchev–Trinajstić information content (AvgIpc) is 3.59. The van der Waals surface area contributed by atoms with E-state index >= 15 is 0 Å². The van der Waals surface area contributed by atoms with Gasteiger partial charge in [0.05, 0.1) is 30.7 Å². The van der Waals surface area contributed by atoms with Crippen molar-refractivity contribution in [2.75, 3.05) is 6.61 Å². The Morgan fingerprint density at radius 2 is 1.62 bits per heavy atom. The van der Waals surface area contributed by atoms with Crippen molar-refractivity contribution in [1.82, 2.24) is 0 Å². The van der Waals surface area contributed by atoms with Crippen LogP contribution in [0.3, 0.4) is 0 Å². The van der Waals surface area contributed by atoms with Crippen LogP contribution in [0.4, 0.5) is 0 Å². The Hall–Kier alpha value is -1.76. The minimum Gasteiger partial charge on any atom is -0.396 e. The maximum atomic E-state index is 12.8. The Labute approximate surface area is 177 Å². The SMILES string of the molecule is [2H]C([2H])(c1ccc(C2CC2)cc1)c1cc([C@@H]2C(=O)[C@H](CO)[C@@H](O)[C@H](O)[C@H]2O)ccc1Cl. The second-order valence-electron chi connectivity index (χ2n) is 7.90. The predicted molar refractivity (Wildman–Crippen MR) is 109 cm³/mol. The van der Waals surface area contributed by atoms with Crippen LogP contribution in [0.25, 0.3) is 0 Å². The quantitative estimate of drug-likeness (QED) is 0.596. The Morgan fingerprint density at radius 1 is 0.966 bits per heavy atom. The lowest BCUT2D eigenvalue weighted by Gasteiger charge is -2.39. The number of aliphatic hydroxyl groups excluding tert-OH is 4. The van der Waals surface area contributed by atoms with Gasteiger partial charge < -0.3 is 20.4 Å². The minimum atomic E-state index is -1.97. The summed E-state index contributed by atoms with van der Waals surface area (Å²) in [4.78, 5) is 12.8. The molecule has 5 atom stereocenters. The Kier molecular flexibility index (Phi) is 5.08. The highest BCUT2D eigenvalue weighted by Gasteiger charge is 2.48. The number of rotatable bonds is 5. The van der Waals surface area contributed by atoms with Gasteiger partial charge in [0.15, 0.2) is 5.78 Å². The highest BCUT2D eigenvalue weighted by Crippen LogP contribution is 2.40. The molecular weight excluding hydrogens is 392 g/mol.